The van der Waals surface area contributed by atoms with Crippen molar-refractivity contribution >= 4 is 18.0 Å². The molecule has 3 rings (SSSR count). The summed E-state index contributed by atoms with van der Waals surface area (Å²) in [5.41, 5.74) is 1.26. The van der Waals surface area contributed by atoms with Crippen molar-refractivity contribution < 1.29 is 13.9 Å². The highest BCUT2D eigenvalue weighted by molar-refractivity contribution is 5.69. The number of hydrogen-bond donors (Lipinski definition) is 0. The van der Waals surface area contributed by atoms with E-state index in [0.29, 0.717) is 34.9 Å². The first-order valence-corrected chi connectivity index (χ1v) is 8.70. The van der Waals surface area contributed by atoms with Gasteiger partial charge in [-0.25, -0.2) is 0 Å². The standard InChI is InChI=1S/C20H23N3O3/c1-14-8-10-23(11-9-14)20-16(13-21)22-19(26-20)7-5-15-4-6-17(24-2)18(12-15)25-3/h4-7,12,14H,8-11H2,1-3H3. The molecule has 1 aliphatic heterocycles. The lowest BCUT2D eigenvalue weighted by molar-refractivity contribution is 0.355. The molecule has 1 aliphatic rings. The fourth-order valence-electron chi connectivity index (χ4n) is 3.02. The minimum absolute atomic E-state index is 0.339. The van der Waals surface area contributed by atoms with Gasteiger partial charge in [-0.2, -0.15) is 10.2 Å². The van der Waals surface area contributed by atoms with Crippen LogP contribution < -0.4 is 14.4 Å². The van der Waals surface area contributed by atoms with Crippen LogP contribution in [0.15, 0.2) is 22.6 Å². The van der Waals surface area contributed by atoms with Gasteiger partial charge in [0.15, 0.2) is 11.5 Å². The van der Waals surface area contributed by atoms with Gasteiger partial charge in [0.1, 0.15) is 6.07 Å². The Hall–Kier alpha value is -2.94. The zero-order chi connectivity index (χ0) is 18.5. The van der Waals surface area contributed by atoms with Crippen molar-refractivity contribution in [1.29, 1.82) is 5.26 Å². The molecule has 0 unspecified atom stereocenters. The number of aromatic nitrogens is 1. The summed E-state index contributed by atoms with van der Waals surface area (Å²) in [6.07, 6.45) is 5.83. The monoisotopic (exact) mass is 353 g/mol. The summed E-state index contributed by atoms with van der Waals surface area (Å²) in [5.74, 6) is 3.04. The molecule has 1 aromatic carbocycles. The van der Waals surface area contributed by atoms with Crippen LogP contribution in [0.5, 0.6) is 11.5 Å². The molecule has 0 bridgehead atoms. The van der Waals surface area contributed by atoms with Crippen LogP contribution in [0, 0.1) is 17.2 Å². The number of piperidine rings is 1. The van der Waals surface area contributed by atoms with E-state index in [1.807, 2.05) is 24.3 Å². The van der Waals surface area contributed by atoms with Crippen molar-refractivity contribution in [3.05, 3.63) is 35.3 Å². The van der Waals surface area contributed by atoms with Crippen LogP contribution in [0.25, 0.3) is 12.2 Å². The number of hydrogen-bond acceptors (Lipinski definition) is 6. The van der Waals surface area contributed by atoms with Crippen LogP contribution in [-0.4, -0.2) is 32.3 Å². The molecule has 136 valence electrons. The van der Waals surface area contributed by atoms with Gasteiger partial charge in [-0.05, 0) is 42.5 Å². The first kappa shape index (κ1) is 17.9. The Morgan fingerprint density at radius 3 is 2.58 bits per heavy atom. The van der Waals surface area contributed by atoms with E-state index in [1.54, 1.807) is 20.3 Å². The van der Waals surface area contributed by atoms with Crippen molar-refractivity contribution in [3.8, 4) is 17.6 Å². The zero-order valence-corrected chi connectivity index (χ0v) is 15.4. The lowest BCUT2D eigenvalue weighted by Gasteiger charge is -2.29. The molecule has 2 heterocycles. The molecule has 6 nitrogen and oxygen atoms in total. The maximum atomic E-state index is 9.37. The molecule has 0 atom stereocenters. The average Bonchev–Trinajstić information content (AvgIpc) is 3.10. The second-order valence-corrected chi connectivity index (χ2v) is 6.43. The Morgan fingerprint density at radius 2 is 1.92 bits per heavy atom. The van der Waals surface area contributed by atoms with Crippen LogP contribution in [0.1, 0.15) is 36.9 Å². The number of rotatable bonds is 5. The summed E-state index contributed by atoms with van der Waals surface area (Å²) in [4.78, 5) is 6.41. The second-order valence-electron chi connectivity index (χ2n) is 6.43. The van der Waals surface area contributed by atoms with E-state index in [2.05, 4.69) is 22.9 Å². The fraction of sp³-hybridized carbons (Fsp3) is 0.400. The summed E-state index contributed by atoms with van der Waals surface area (Å²) < 4.78 is 16.4. The fourth-order valence-corrected chi connectivity index (χ4v) is 3.02. The summed E-state index contributed by atoms with van der Waals surface area (Å²) >= 11 is 0. The highest BCUT2D eigenvalue weighted by atomic mass is 16.5. The topological polar surface area (TPSA) is 71.5 Å². The molecular weight excluding hydrogens is 330 g/mol. The molecule has 0 aliphatic carbocycles. The molecule has 0 radical (unpaired) electrons. The van der Waals surface area contributed by atoms with Gasteiger partial charge in [-0.15, -0.1) is 0 Å². The quantitative estimate of drug-likeness (QED) is 0.810. The molecule has 1 saturated heterocycles. The highest BCUT2D eigenvalue weighted by Crippen LogP contribution is 2.30. The largest absolute Gasteiger partial charge is 0.493 e. The number of anilines is 1. The summed E-state index contributed by atoms with van der Waals surface area (Å²) in [7, 11) is 3.21. The highest BCUT2D eigenvalue weighted by Gasteiger charge is 2.23. The van der Waals surface area contributed by atoms with Crippen molar-refractivity contribution in [2.45, 2.75) is 19.8 Å². The lowest BCUT2D eigenvalue weighted by atomic mass is 9.99. The Morgan fingerprint density at radius 1 is 1.19 bits per heavy atom. The number of oxazole rings is 1. The predicted octanol–water partition coefficient (Wildman–Crippen LogP) is 3.97. The van der Waals surface area contributed by atoms with E-state index in [4.69, 9.17) is 13.9 Å². The first-order valence-electron chi connectivity index (χ1n) is 8.70. The third-order valence-electron chi connectivity index (χ3n) is 4.63. The van der Waals surface area contributed by atoms with Gasteiger partial charge in [0.25, 0.3) is 0 Å². The van der Waals surface area contributed by atoms with Crippen LogP contribution in [0.3, 0.4) is 0 Å². The van der Waals surface area contributed by atoms with Crippen molar-refractivity contribution in [1.82, 2.24) is 4.98 Å². The molecule has 2 aromatic rings. The van der Waals surface area contributed by atoms with E-state index in [-0.39, 0.29) is 0 Å². The summed E-state index contributed by atoms with van der Waals surface area (Å²) in [5, 5.41) is 9.37. The second kappa shape index (κ2) is 7.96. The van der Waals surface area contributed by atoms with E-state index < -0.39 is 0 Å². The third-order valence-corrected chi connectivity index (χ3v) is 4.63. The Labute approximate surface area is 153 Å². The molecular formula is C20H23N3O3. The first-order chi connectivity index (χ1) is 12.6. The van der Waals surface area contributed by atoms with Crippen LogP contribution in [0.2, 0.25) is 0 Å². The van der Waals surface area contributed by atoms with Crippen LogP contribution in [0.4, 0.5) is 5.88 Å². The van der Waals surface area contributed by atoms with E-state index in [1.165, 1.54) is 0 Å². The number of nitrogens with zero attached hydrogens (tertiary/aromatic N) is 3. The van der Waals surface area contributed by atoms with Gasteiger partial charge < -0.3 is 18.8 Å². The van der Waals surface area contributed by atoms with Gasteiger partial charge in [0, 0.05) is 19.2 Å². The number of benzene rings is 1. The van der Waals surface area contributed by atoms with Gasteiger partial charge in [0.05, 0.1) is 14.2 Å². The smallest absolute Gasteiger partial charge is 0.235 e. The molecule has 0 amide bonds. The predicted molar refractivity (Wildman–Crippen MR) is 100 cm³/mol. The average molecular weight is 353 g/mol. The Kier molecular flexibility index (Phi) is 5.47. The Bertz CT molecular complexity index is 827. The maximum Gasteiger partial charge on any atom is 0.235 e. The van der Waals surface area contributed by atoms with E-state index in [9.17, 15) is 5.26 Å². The molecule has 1 aromatic heterocycles. The number of ether oxygens (including phenoxy) is 2. The number of nitriles is 1. The molecule has 6 heteroatoms. The third kappa shape index (κ3) is 3.83. The molecule has 1 fully saturated rings. The van der Waals surface area contributed by atoms with E-state index in [0.717, 1.165) is 31.5 Å². The van der Waals surface area contributed by atoms with Crippen molar-refractivity contribution in [2.75, 3.05) is 32.2 Å². The molecule has 0 N–H and O–H groups in total. The Balaban J connectivity index is 1.80. The van der Waals surface area contributed by atoms with Gasteiger partial charge in [-0.1, -0.05) is 13.0 Å². The van der Waals surface area contributed by atoms with Crippen molar-refractivity contribution in [3.63, 3.8) is 0 Å². The van der Waals surface area contributed by atoms with Crippen LogP contribution in [-0.2, 0) is 0 Å². The molecule has 26 heavy (non-hydrogen) atoms. The molecule has 0 spiro atoms. The maximum absolute atomic E-state index is 9.37. The van der Waals surface area contributed by atoms with Gasteiger partial charge in [0.2, 0.25) is 17.5 Å². The van der Waals surface area contributed by atoms with Crippen LogP contribution >= 0.6 is 0 Å². The van der Waals surface area contributed by atoms with E-state index >= 15 is 0 Å². The van der Waals surface area contributed by atoms with Gasteiger partial charge in [-0.3, -0.25) is 0 Å². The zero-order valence-electron chi connectivity index (χ0n) is 15.4. The van der Waals surface area contributed by atoms with Crippen molar-refractivity contribution in [2.24, 2.45) is 5.92 Å². The summed E-state index contributed by atoms with van der Waals surface area (Å²) in [6.45, 7) is 4.04. The number of methoxy groups -OCH3 is 2. The summed E-state index contributed by atoms with van der Waals surface area (Å²) in [6, 6.07) is 7.77. The molecule has 0 saturated carbocycles. The van der Waals surface area contributed by atoms with Gasteiger partial charge >= 0.3 is 0 Å². The lowest BCUT2D eigenvalue weighted by Crippen LogP contribution is -2.32. The minimum Gasteiger partial charge on any atom is -0.493 e. The minimum atomic E-state index is 0.339. The normalized spacial score (nSPS) is 15.2. The SMILES string of the molecule is COc1ccc(C=Cc2nc(C#N)c(N3CCC(C)CC3)o2)cc1OC.